The first kappa shape index (κ1) is 18.0. The molecule has 0 spiro atoms. The molecule has 0 saturated heterocycles. The highest BCUT2D eigenvalue weighted by atomic mass is 16.6. The molecule has 1 atom stereocenters. The highest BCUT2D eigenvalue weighted by Crippen LogP contribution is 2.48. The molecule has 26 heavy (non-hydrogen) atoms. The standard InChI is InChI=1S/C19H21NO6/c1-24-17(21)15(18(22)25-2)16-13-7-5-4-6-12(13)10-14(11-8-9-11)20(16)19(23)26-3/h4-7,10-11,15-16H,8-9H2,1-3H3. The Morgan fingerprint density at radius 1 is 1.00 bits per heavy atom. The van der Waals surface area contributed by atoms with E-state index < -0.39 is 30.0 Å². The summed E-state index contributed by atoms with van der Waals surface area (Å²) >= 11 is 0. The van der Waals surface area contributed by atoms with E-state index in [0.29, 0.717) is 5.56 Å². The van der Waals surface area contributed by atoms with Crippen LogP contribution in [0.5, 0.6) is 0 Å². The maximum absolute atomic E-state index is 12.6. The number of hydrogen-bond donors (Lipinski definition) is 0. The van der Waals surface area contributed by atoms with Gasteiger partial charge in [0.15, 0.2) is 5.92 Å². The van der Waals surface area contributed by atoms with Gasteiger partial charge in [-0.15, -0.1) is 0 Å². The second-order valence-corrected chi connectivity index (χ2v) is 6.28. The molecule has 2 aliphatic rings. The number of carbonyl (C=O) groups excluding carboxylic acids is 3. The van der Waals surface area contributed by atoms with Gasteiger partial charge in [-0.25, -0.2) is 4.79 Å². The van der Waals surface area contributed by atoms with Crippen LogP contribution in [-0.2, 0) is 23.8 Å². The molecule has 0 radical (unpaired) electrons. The molecule has 1 unspecified atom stereocenters. The first-order valence-corrected chi connectivity index (χ1v) is 8.36. The highest BCUT2D eigenvalue weighted by Gasteiger charge is 2.49. The third-order valence-corrected chi connectivity index (χ3v) is 4.77. The van der Waals surface area contributed by atoms with Gasteiger partial charge in [0.25, 0.3) is 0 Å². The average Bonchev–Trinajstić information content (AvgIpc) is 3.51. The van der Waals surface area contributed by atoms with E-state index >= 15 is 0 Å². The van der Waals surface area contributed by atoms with Crippen LogP contribution in [0.15, 0.2) is 30.0 Å². The number of esters is 2. The Bertz CT molecular complexity index is 751. The topological polar surface area (TPSA) is 82.1 Å². The summed E-state index contributed by atoms with van der Waals surface area (Å²) in [5.41, 5.74) is 2.28. The van der Waals surface area contributed by atoms with E-state index in [1.807, 2.05) is 18.2 Å². The Kier molecular flexibility index (Phi) is 4.97. The van der Waals surface area contributed by atoms with Crippen LogP contribution in [0, 0.1) is 11.8 Å². The number of allylic oxidation sites excluding steroid dienone is 1. The molecule has 138 valence electrons. The number of hydrogen-bond acceptors (Lipinski definition) is 6. The van der Waals surface area contributed by atoms with Gasteiger partial charge in [0.2, 0.25) is 0 Å². The van der Waals surface area contributed by atoms with Gasteiger partial charge in [0, 0.05) is 5.70 Å². The molecule has 0 bridgehead atoms. The van der Waals surface area contributed by atoms with Crippen LogP contribution in [0.25, 0.3) is 6.08 Å². The molecule has 1 saturated carbocycles. The summed E-state index contributed by atoms with van der Waals surface area (Å²) in [5, 5.41) is 0. The van der Waals surface area contributed by atoms with Crippen molar-refractivity contribution in [3.8, 4) is 0 Å². The molecule has 7 nitrogen and oxygen atoms in total. The van der Waals surface area contributed by atoms with E-state index in [4.69, 9.17) is 14.2 Å². The van der Waals surface area contributed by atoms with Crippen LogP contribution in [-0.4, -0.2) is 44.3 Å². The lowest BCUT2D eigenvalue weighted by Gasteiger charge is -2.39. The fourth-order valence-electron chi connectivity index (χ4n) is 3.39. The van der Waals surface area contributed by atoms with E-state index in [9.17, 15) is 14.4 Å². The maximum Gasteiger partial charge on any atom is 0.414 e. The molecular weight excluding hydrogens is 338 g/mol. The quantitative estimate of drug-likeness (QED) is 0.467. The highest BCUT2D eigenvalue weighted by molar-refractivity contribution is 5.97. The molecule has 7 heteroatoms. The van der Waals surface area contributed by atoms with Crippen molar-refractivity contribution in [1.29, 1.82) is 0 Å². The fourth-order valence-corrected chi connectivity index (χ4v) is 3.39. The Labute approximate surface area is 151 Å². The van der Waals surface area contributed by atoms with Crippen LogP contribution in [0.3, 0.4) is 0 Å². The number of ether oxygens (including phenoxy) is 3. The molecule has 1 aromatic carbocycles. The number of carbonyl (C=O) groups is 3. The first-order valence-electron chi connectivity index (χ1n) is 8.36. The summed E-state index contributed by atoms with van der Waals surface area (Å²) in [6.45, 7) is 0. The summed E-state index contributed by atoms with van der Waals surface area (Å²) < 4.78 is 14.6. The second kappa shape index (κ2) is 7.19. The number of methoxy groups -OCH3 is 3. The molecule has 1 amide bonds. The van der Waals surface area contributed by atoms with E-state index in [-0.39, 0.29) is 5.92 Å². The Hall–Kier alpha value is -2.83. The normalized spacial score (nSPS) is 18.7. The van der Waals surface area contributed by atoms with Crippen molar-refractivity contribution in [3.05, 3.63) is 41.1 Å². The zero-order valence-electron chi connectivity index (χ0n) is 14.9. The smallest absolute Gasteiger partial charge is 0.414 e. The van der Waals surface area contributed by atoms with Crippen LogP contribution in [0.1, 0.15) is 30.0 Å². The molecule has 1 aliphatic heterocycles. The predicted molar refractivity (Wildman–Crippen MR) is 91.7 cm³/mol. The summed E-state index contributed by atoms with van der Waals surface area (Å²) in [5.74, 6) is -2.64. The Morgan fingerprint density at radius 3 is 2.15 bits per heavy atom. The second-order valence-electron chi connectivity index (χ2n) is 6.28. The van der Waals surface area contributed by atoms with E-state index in [1.54, 1.807) is 12.1 Å². The minimum atomic E-state index is -1.31. The summed E-state index contributed by atoms with van der Waals surface area (Å²) in [4.78, 5) is 38.9. The van der Waals surface area contributed by atoms with Crippen LogP contribution < -0.4 is 0 Å². The van der Waals surface area contributed by atoms with Crippen LogP contribution in [0.2, 0.25) is 0 Å². The molecule has 0 aromatic heterocycles. The number of rotatable bonds is 4. The molecule has 1 fully saturated rings. The van der Waals surface area contributed by atoms with Crippen LogP contribution >= 0.6 is 0 Å². The van der Waals surface area contributed by atoms with Gasteiger partial charge in [0.1, 0.15) is 0 Å². The van der Waals surface area contributed by atoms with E-state index in [1.165, 1.54) is 26.2 Å². The van der Waals surface area contributed by atoms with Gasteiger partial charge < -0.3 is 14.2 Å². The van der Waals surface area contributed by atoms with Gasteiger partial charge in [-0.1, -0.05) is 24.3 Å². The van der Waals surface area contributed by atoms with Crippen molar-refractivity contribution in [2.45, 2.75) is 18.9 Å². The van der Waals surface area contributed by atoms with Gasteiger partial charge in [-0.2, -0.15) is 0 Å². The average molecular weight is 359 g/mol. The Morgan fingerprint density at radius 2 is 1.62 bits per heavy atom. The van der Waals surface area contributed by atoms with E-state index in [0.717, 1.165) is 24.1 Å². The van der Waals surface area contributed by atoms with Crippen molar-refractivity contribution in [2.24, 2.45) is 11.8 Å². The van der Waals surface area contributed by atoms with Gasteiger partial charge in [0.05, 0.1) is 27.4 Å². The largest absolute Gasteiger partial charge is 0.468 e. The molecule has 0 N–H and O–H groups in total. The fraction of sp³-hybridized carbons (Fsp3) is 0.421. The minimum absolute atomic E-state index is 0.195. The maximum atomic E-state index is 12.6. The molecule has 1 aliphatic carbocycles. The lowest BCUT2D eigenvalue weighted by molar-refractivity contribution is -0.161. The van der Waals surface area contributed by atoms with Crippen molar-refractivity contribution >= 4 is 24.1 Å². The zero-order valence-corrected chi connectivity index (χ0v) is 14.9. The first-order chi connectivity index (χ1) is 12.5. The van der Waals surface area contributed by atoms with Crippen LogP contribution in [0.4, 0.5) is 4.79 Å². The number of amides is 1. The summed E-state index contributed by atoms with van der Waals surface area (Å²) in [6, 6.07) is 6.46. The molecular formula is C19H21NO6. The van der Waals surface area contributed by atoms with Gasteiger partial charge >= 0.3 is 18.0 Å². The number of nitrogens with zero attached hydrogens (tertiary/aromatic N) is 1. The Balaban J connectivity index is 2.19. The SMILES string of the molecule is COC(=O)C(C(=O)OC)C1c2ccccc2C=C(C2CC2)N1C(=O)OC. The number of benzene rings is 1. The minimum Gasteiger partial charge on any atom is -0.468 e. The summed E-state index contributed by atoms with van der Waals surface area (Å²) in [7, 11) is 3.68. The monoisotopic (exact) mass is 359 g/mol. The van der Waals surface area contributed by atoms with Gasteiger partial charge in [-0.3, -0.25) is 14.5 Å². The summed E-state index contributed by atoms with van der Waals surface area (Å²) in [6.07, 6.45) is 3.18. The zero-order chi connectivity index (χ0) is 18.8. The predicted octanol–water partition coefficient (Wildman–Crippen LogP) is 2.52. The van der Waals surface area contributed by atoms with Gasteiger partial charge in [-0.05, 0) is 36.0 Å². The molecule has 1 heterocycles. The van der Waals surface area contributed by atoms with E-state index in [2.05, 4.69) is 0 Å². The third-order valence-electron chi connectivity index (χ3n) is 4.77. The molecule has 3 rings (SSSR count). The van der Waals surface area contributed by atoms with Crippen molar-refractivity contribution < 1.29 is 28.6 Å². The van der Waals surface area contributed by atoms with Crippen molar-refractivity contribution in [1.82, 2.24) is 4.90 Å². The molecule has 1 aromatic rings. The van der Waals surface area contributed by atoms with Crippen molar-refractivity contribution in [2.75, 3.05) is 21.3 Å². The van der Waals surface area contributed by atoms with Crippen molar-refractivity contribution in [3.63, 3.8) is 0 Å². The third kappa shape index (κ3) is 3.05. The number of fused-ring (bicyclic) bond motifs is 1. The lowest BCUT2D eigenvalue weighted by Crippen LogP contribution is -2.46. The lowest BCUT2D eigenvalue weighted by atomic mass is 9.84.